The van der Waals surface area contributed by atoms with Crippen molar-refractivity contribution in [1.82, 2.24) is 4.72 Å². The molecule has 3 nitrogen and oxygen atoms in total. The molecule has 0 aliphatic rings. The van der Waals surface area contributed by atoms with Gasteiger partial charge in [0.05, 0.1) is 0 Å². The zero-order valence-electron chi connectivity index (χ0n) is 9.45. The van der Waals surface area contributed by atoms with Gasteiger partial charge in [0.2, 0.25) is 0 Å². The van der Waals surface area contributed by atoms with E-state index >= 15 is 0 Å². The molecule has 0 amide bonds. The molecule has 0 aromatic carbocycles. The standard InChI is InChI=1S/C10H15Br2NO2S2/c1-8(7-11)3-2-5-13-17(14,15)10-9(12)4-6-16-10/h4,6,8,13H,2-3,5,7H2,1H3. The Morgan fingerprint density at radius 3 is 2.76 bits per heavy atom. The van der Waals surface area contributed by atoms with Crippen LogP contribution in [0.15, 0.2) is 20.1 Å². The number of rotatable bonds is 7. The summed E-state index contributed by atoms with van der Waals surface area (Å²) in [6.07, 6.45) is 1.87. The van der Waals surface area contributed by atoms with Crippen LogP contribution >= 0.6 is 43.2 Å². The number of thiophene rings is 1. The van der Waals surface area contributed by atoms with Crippen LogP contribution in [-0.2, 0) is 10.0 Å². The summed E-state index contributed by atoms with van der Waals surface area (Å²) in [7, 11) is -3.34. The lowest BCUT2D eigenvalue weighted by Gasteiger charge is -2.08. The van der Waals surface area contributed by atoms with Gasteiger partial charge in [-0.15, -0.1) is 11.3 Å². The van der Waals surface area contributed by atoms with Crippen molar-refractivity contribution >= 4 is 53.2 Å². The van der Waals surface area contributed by atoms with Crippen LogP contribution in [0.25, 0.3) is 0 Å². The van der Waals surface area contributed by atoms with Gasteiger partial charge in [-0.3, -0.25) is 0 Å². The molecule has 1 heterocycles. The molecule has 0 aliphatic carbocycles. The molecule has 0 radical (unpaired) electrons. The average Bonchev–Trinajstić information content (AvgIpc) is 2.71. The highest BCUT2D eigenvalue weighted by atomic mass is 79.9. The van der Waals surface area contributed by atoms with E-state index in [0.717, 1.165) is 18.2 Å². The predicted octanol–water partition coefficient (Wildman–Crippen LogP) is 3.60. The Morgan fingerprint density at radius 1 is 1.53 bits per heavy atom. The zero-order chi connectivity index (χ0) is 12.9. The monoisotopic (exact) mass is 403 g/mol. The highest BCUT2D eigenvalue weighted by Crippen LogP contribution is 2.27. The van der Waals surface area contributed by atoms with Crippen LogP contribution < -0.4 is 4.72 Å². The van der Waals surface area contributed by atoms with Gasteiger partial charge in [0.15, 0.2) is 0 Å². The van der Waals surface area contributed by atoms with Crippen molar-refractivity contribution in [1.29, 1.82) is 0 Å². The molecule has 1 unspecified atom stereocenters. The smallest absolute Gasteiger partial charge is 0.210 e. The van der Waals surface area contributed by atoms with Crippen molar-refractivity contribution in [2.45, 2.75) is 24.0 Å². The largest absolute Gasteiger partial charge is 0.251 e. The van der Waals surface area contributed by atoms with Gasteiger partial charge in [-0.1, -0.05) is 22.9 Å². The van der Waals surface area contributed by atoms with Crippen LogP contribution in [0, 0.1) is 5.92 Å². The molecule has 0 aliphatic heterocycles. The lowest BCUT2D eigenvalue weighted by atomic mass is 10.1. The van der Waals surface area contributed by atoms with E-state index in [-0.39, 0.29) is 0 Å². The normalized spacial score (nSPS) is 13.8. The minimum atomic E-state index is -3.34. The summed E-state index contributed by atoms with van der Waals surface area (Å²) in [5, 5.41) is 2.71. The summed E-state index contributed by atoms with van der Waals surface area (Å²) >= 11 is 7.86. The maximum absolute atomic E-state index is 11.9. The molecule has 1 aromatic rings. The van der Waals surface area contributed by atoms with E-state index in [1.165, 1.54) is 11.3 Å². The first-order valence-corrected chi connectivity index (χ1v) is 9.53. The molecule has 1 N–H and O–H groups in total. The summed E-state index contributed by atoms with van der Waals surface area (Å²) in [4.78, 5) is 0. The molecular formula is C10H15Br2NO2S2. The maximum Gasteiger partial charge on any atom is 0.251 e. The SMILES string of the molecule is CC(CBr)CCCNS(=O)(=O)c1sccc1Br. The fourth-order valence-electron chi connectivity index (χ4n) is 1.27. The Kier molecular flexibility index (Phi) is 6.65. The minimum Gasteiger partial charge on any atom is -0.210 e. The van der Waals surface area contributed by atoms with Crippen LogP contribution in [0.3, 0.4) is 0 Å². The van der Waals surface area contributed by atoms with Crippen molar-refractivity contribution in [3.8, 4) is 0 Å². The van der Waals surface area contributed by atoms with E-state index in [1.807, 2.05) is 0 Å². The Bertz CT molecular complexity index is 445. The van der Waals surface area contributed by atoms with Gasteiger partial charge in [-0.2, -0.15) is 0 Å². The minimum absolute atomic E-state index is 0.353. The number of nitrogens with one attached hydrogen (secondary N) is 1. The van der Waals surface area contributed by atoms with Crippen LogP contribution in [0.1, 0.15) is 19.8 Å². The lowest BCUT2D eigenvalue weighted by Crippen LogP contribution is -2.24. The van der Waals surface area contributed by atoms with Gasteiger partial charge in [0.1, 0.15) is 4.21 Å². The topological polar surface area (TPSA) is 46.2 Å². The molecule has 98 valence electrons. The van der Waals surface area contributed by atoms with Gasteiger partial charge in [0, 0.05) is 16.3 Å². The van der Waals surface area contributed by atoms with Gasteiger partial charge >= 0.3 is 0 Å². The molecule has 0 fully saturated rings. The molecule has 0 saturated heterocycles. The molecule has 0 saturated carbocycles. The summed E-state index contributed by atoms with van der Waals surface area (Å²) < 4.78 is 27.4. The van der Waals surface area contributed by atoms with E-state index in [9.17, 15) is 8.42 Å². The second kappa shape index (κ2) is 7.23. The van der Waals surface area contributed by atoms with Gasteiger partial charge < -0.3 is 0 Å². The summed E-state index contributed by atoms with van der Waals surface area (Å²) in [5.74, 6) is 0.577. The number of alkyl halides is 1. The Balaban J connectivity index is 2.44. The second-order valence-electron chi connectivity index (χ2n) is 3.86. The fraction of sp³-hybridized carbons (Fsp3) is 0.600. The van der Waals surface area contributed by atoms with Crippen molar-refractivity contribution in [3.05, 3.63) is 15.9 Å². The first-order valence-electron chi connectivity index (χ1n) is 5.26. The van der Waals surface area contributed by atoms with Gasteiger partial charge in [-0.05, 0) is 46.1 Å². The molecule has 0 bridgehead atoms. The van der Waals surface area contributed by atoms with E-state index in [1.54, 1.807) is 11.4 Å². The summed E-state index contributed by atoms with van der Waals surface area (Å²) in [5.41, 5.74) is 0. The lowest BCUT2D eigenvalue weighted by molar-refractivity contribution is 0.547. The van der Waals surface area contributed by atoms with Crippen LogP contribution in [-0.4, -0.2) is 20.3 Å². The molecule has 1 rings (SSSR count). The molecule has 17 heavy (non-hydrogen) atoms. The first kappa shape index (κ1) is 15.6. The Morgan fingerprint density at radius 2 is 2.24 bits per heavy atom. The molecule has 7 heteroatoms. The number of hydrogen-bond acceptors (Lipinski definition) is 3. The predicted molar refractivity (Wildman–Crippen MR) is 79.4 cm³/mol. The molecule has 0 spiro atoms. The third-order valence-electron chi connectivity index (χ3n) is 2.26. The van der Waals surface area contributed by atoms with Crippen molar-refractivity contribution < 1.29 is 8.42 Å². The van der Waals surface area contributed by atoms with Crippen LogP contribution in [0.4, 0.5) is 0 Å². The third-order valence-corrected chi connectivity index (χ3v) is 7.49. The van der Waals surface area contributed by atoms with Crippen molar-refractivity contribution in [3.63, 3.8) is 0 Å². The Hall–Kier alpha value is 0.570. The van der Waals surface area contributed by atoms with E-state index in [4.69, 9.17) is 0 Å². The molecule has 1 atom stereocenters. The number of sulfonamides is 1. The summed E-state index contributed by atoms with van der Waals surface area (Å²) in [6, 6.07) is 1.74. The summed E-state index contributed by atoms with van der Waals surface area (Å²) in [6.45, 7) is 2.63. The van der Waals surface area contributed by atoms with E-state index in [2.05, 4.69) is 43.5 Å². The van der Waals surface area contributed by atoms with Gasteiger partial charge in [0.25, 0.3) is 10.0 Å². The fourth-order valence-corrected chi connectivity index (χ4v) is 5.05. The Labute approximate surface area is 123 Å². The van der Waals surface area contributed by atoms with E-state index < -0.39 is 10.0 Å². The van der Waals surface area contributed by atoms with Crippen molar-refractivity contribution in [2.75, 3.05) is 11.9 Å². The molecule has 1 aromatic heterocycles. The first-order chi connectivity index (χ1) is 7.97. The third kappa shape index (κ3) is 4.98. The second-order valence-corrected chi connectivity index (χ2v) is 8.24. The highest BCUT2D eigenvalue weighted by Gasteiger charge is 2.18. The molecular weight excluding hydrogens is 390 g/mol. The number of halogens is 2. The quantitative estimate of drug-likeness (QED) is 0.557. The van der Waals surface area contributed by atoms with E-state index in [0.29, 0.717) is 21.1 Å². The zero-order valence-corrected chi connectivity index (χ0v) is 14.3. The highest BCUT2D eigenvalue weighted by molar-refractivity contribution is 9.10. The van der Waals surface area contributed by atoms with Crippen molar-refractivity contribution in [2.24, 2.45) is 5.92 Å². The van der Waals surface area contributed by atoms with Gasteiger partial charge in [-0.25, -0.2) is 13.1 Å². The van der Waals surface area contributed by atoms with Crippen LogP contribution in [0.5, 0.6) is 0 Å². The number of hydrogen-bond donors (Lipinski definition) is 1. The average molecular weight is 405 g/mol. The van der Waals surface area contributed by atoms with Crippen LogP contribution in [0.2, 0.25) is 0 Å². The maximum atomic E-state index is 11.9.